The summed E-state index contributed by atoms with van der Waals surface area (Å²) in [5.41, 5.74) is 1.57. The summed E-state index contributed by atoms with van der Waals surface area (Å²) in [6.45, 7) is 0. The normalized spacial score (nSPS) is 8.00. The molecular formula is C2H2N6S2. The van der Waals surface area contributed by atoms with E-state index < -0.39 is 0 Å². The molecule has 0 bridgehead atoms. The van der Waals surface area contributed by atoms with Crippen molar-refractivity contribution >= 4 is 23.3 Å². The van der Waals surface area contributed by atoms with Crippen LogP contribution in [0.15, 0.2) is 11.8 Å². The smallest absolute Gasteiger partial charge is 0.153 e. The van der Waals surface area contributed by atoms with Crippen molar-refractivity contribution in [2.45, 2.75) is 0 Å². The van der Waals surface area contributed by atoms with Crippen molar-refractivity contribution in [3.05, 3.63) is 11.8 Å². The molecule has 8 heteroatoms. The van der Waals surface area contributed by atoms with E-state index in [1.165, 1.54) is 17.9 Å². The van der Waals surface area contributed by atoms with Crippen LogP contribution in [0.5, 0.6) is 0 Å². The molecule has 6 nitrogen and oxygen atoms in total. The summed E-state index contributed by atoms with van der Waals surface area (Å²) in [7, 11) is 0. The van der Waals surface area contributed by atoms with Crippen molar-refractivity contribution in [2.75, 3.05) is 0 Å². The van der Waals surface area contributed by atoms with E-state index in [1.807, 2.05) is 0 Å². The fourth-order valence-electron chi connectivity index (χ4n) is 0.211. The number of hydrogen-bond acceptors (Lipinski definition) is 8. The Morgan fingerprint density at radius 1 is 1.10 bits per heavy atom. The second-order valence-corrected chi connectivity index (χ2v) is 2.12. The molecule has 0 atom stereocenters. The number of nitrogens with zero attached hydrogens (tertiary/aromatic N) is 6. The van der Waals surface area contributed by atoms with Crippen molar-refractivity contribution in [1.82, 2.24) is 28.8 Å². The Labute approximate surface area is 64.4 Å². The van der Waals surface area contributed by atoms with Gasteiger partial charge in [0.1, 0.15) is 5.51 Å². The van der Waals surface area contributed by atoms with E-state index >= 15 is 0 Å². The largest absolute Gasteiger partial charge is 0.160 e. The average Bonchev–Trinajstić information content (AvgIpc) is 2.67. The molecule has 0 aliphatic carbocycles. The molecule has 2 heterocycles. The standard InChI is InChI=1S/2CHN3S/c1-2-3-4-5-1;1-2-4-5-3-1/h2*1H. The zero-order chi connectivity index (χ0) is 7.07. The lowest BCUT2D eigenvalue weighted by Crippen LogP contribution is -1.61. The van der Waals surface area contributed by atoms with Gasteiger partial charge in [-0.05, 0) is 5.21 Å². The third-order valence-corrected chi connectivity index (χ3v) is 1.17. The van der Waals surface area contributed by atoms with Gasteiger partial charge < -0.3 is 0 Å². The first-order chi connectivity index (χ1) is 5.00. The summed E-state index contributed by atoms with van der Waals surface area (Å²) in [5, 5.41) is 10.0. The Kier molecular flexibility index (Phi) is 3.42. The molecule has 0 unspecified atom stereocenters. The van der Waals surface area contributed by atoms with Gasteiger partial charge in [-0.15, -0.1) is 10.2 Å². The molecule has 0 amide bonds. The third kappa shape index (κ3) is 3.10. The maximum absolute atomic E-state index is 3.54. The van der Waals surface area contributed by atoms with Crippen LogP contribution in [-0.2, 0) is 0 Å². The summed E-state index contributed by atoms with van der Waals surface area (Å²) in [6, 6.07) is 0. The van der Waals surface area contributed by atoms with Gasteiger partial charge in [-0.2, -0.15) is 4.37 Å². The molecule has 0 spiro atoms. The summed E-state index contributed by atoms with van der Waals surface area (Å²) in [4.78, 5) is 0. The number of hydrogen-bond donors (Lipinski definition) is 0. The Morgan fingerprint density at radius 3 is 2.30 bits per heavy atom. The number of aromatic nitrogens is 6. The maximum atomic E-state index is 3.54. The second-order valence-electron chi connectivity index (χ2n) is 0.997. The SMILES string of the molecule is c1nnns1.c1nnsn1. The molecule has 0 N–H and O–H groups in total. The molecular weight excluding hydrogens is 172 g/mol. The van der Waals surface area contributed by atoms with Gasteiger partial charge in [0.2, 0.25) is 0 Å². The lowest BCUT2D eigenvalue weighted by molar-refractivity contribution is 0.958. The van der Waals surface area contributed by atoms with Crippen LogP contribution in [-0.4, -0.2) is 28.8 Å². The monoisotopic (exact) mass is 174 g/mol. The van der Waals surface area contributed by atoms with Crippen LogP contribution in [0.2, 0.25) is 0 Å². The molecule has 2 rings (SSSR count). The first-order valence-corrected chi connectivity index (χ1v) is 3.72. The van der Waals surface area contributed by atoms with E-state index in [-0.39, 0.29) is 0 Å². The van der Waals surface area contributed by atoms with Gasteiger partial charge >= 0.3 is 0 Å². The zero-order valence-electron chi connectivity index (χ0n) is 4.65. The van der Waals surface area contributed by atoms with Gasteiger partial charge in [0.15, 0.2) is 6.33 Å². The summed E-state index contributed by atoms with van der Waals surface area (Å²) >= 11 is 2.34. The van der Waals surface area contributed by atoms with E-state index in [4.69, 9.17) is 0 Å². The van der Waals surface area contributed by atoms with Crippen molar-refractivity contribution < 1.29 is 0 Å². The highest BCUT2D eigenvalue weighted by atomic mass is 32.1. The minimum Gasteiger partial charge on any atom is -0.160 e. The molecule has 0 aliphatic heterocycles. The molecule has 0 saturated heterocycles. The van der Waals surface area contributed by atoms with E-state index in [0.29, 0.717) is 0 Å². The Bertz CT molecular complexity index is 153. The van der Waals surface area contributed by atoms with Crippen LogP contribution < -0.4 is 0 Å². The minimum absolute atomic E-state index is 1.10. The lowest BCUT2D eigenvalue weighted by atomic mass is 11.5. The quantitative estimate of drug-likeness (QED) is 0.553. The van der Waals surface area contributed by atoms with Crippen LogP contribution in [0.1, 0.15) is 0 Å². The highest BCUT2D eigenvalue weighted by Gasteiger charge is 1.62. The third-order valence-electron chi connectivity index (χ3n) is 0.459. The highest BCUT2D eigenvalue weighted by Crippen LogP contribution is 1.72. The van der Waals surface area contributed by atoms with Crippen LogP contribution >= 0.6 is 23.3 Å². The fraction of sp³-hybridized carbons (Fsp3) is 0. The predicted molar refractivity (Wildman–Crippen MR) is 35.4 cm³/mol. The van der Waals surface area contributed by atoms with Gasteiger partial charge in [-0.25, -0.2) is 0 Å². The second kappa shape index (κ2) is 4.82. The first-order valence-electron chi connectivity index (χ1n) is 2.16. The molecule has 0 saturated carbocycles. The van der Waals surface area contributed by atoms with Crippen molar-refractivity contribution in [3.8, 4) is 0 Å². The lowest BCUT2D eigenvalue weighted by Gasteiger charge is -1.38. The topological polar surface area (TPSA) is 77.3 Å². The van der Waals surface area contributed by atoms with Crippen molar-refractivity contribution in [2.24, 2.45) is 0 Å². The van der Waals surface area contributed by atoms with Crippen LogP contribution in [0.3, 0.4) is 0 Å². The molecule has 0 aliphatic rings. The molecule has 0 fully saturated rings. The van der Waals surface area contributed by atoms with Gasteiger partial charge in [0.25, 0.3) is 0 Å². The van der Waals surface area contributed by atoms with E-state index in [0.717, 1.165) is 11.7 Å². The van der Waals surface area contributed by atoms with E-state index in [9.17, 15) is 0 Å². The van der Waals surface area contributed by atoms with Gasteiger partial charge in [-0.3, -0.25) is 0 Å². The van der Waals surface area contributed by atoms with Crippen LogP contribution in [0, 0.1) is 0 Å². The molecule has 0 aromatic carbocycles. The van der Waals surface area contributed by atoms with Crippen LogP contribution in [0.4, 0.5) is 0 Å². The summed E-state index contributed by atoms with van der Waals surface area (Å²) < 4.78 is 10.3. The Hall–Kier alpha value is -1.02. The Balaban J connectivity index is 0.0000001000. The zero-order valence-corrected chi connectivity index (χ0v) is 6.29. The molecule has 0 radical (unpaired) electrons. The summed E-state index contributed by atoms with van der Waals surface area (Å²) in [6.07, 6.45) is 1.41. The molecule has 52 valence electrons. The Morgan fingerprint density at radius 2 is 2.10 bits per heavy atom. The van der Waals surface area contributed by atoms with Crippen LogP contribution in [0.25, 0.3) is 0 Å². The minimum atomic E-state index is 1.10. The first kappa shape index (κ1) is 7.09. The van der Waals surface area contributed by atoms with Gasteiger partial charge in [0.05, 0.1) is 11.7 Å². The van der Waals surface area contributed by atoms with Crippen molar-refractivity contribution in [3.63, 3.8) is 0 Å². The summed E-state index contributed by atoms with van der Waals surface area (Å²) in [5.74, 6) is 0. The fourth-order valence-corrected chi connectivity index (χ4v) is 0.632. The predicted octanol–water partition coefficient (Wildman–Crippen LogP) is -0.134. The van der Waals surface area contributed by atoms with Gasteiger partial charge in [-0.1, -0.05) is 8.98 Å². The maximum Gasteiger partial charge on any atom is 0.153 e. The highest BCUT2D eigenvalue weighted by molar-refractivity contribution is 7.02. The van der Waals surface area contributed by atoms with E-state index in [2.05, 4.69) is 28.8 Å². The number of rotatable bonds is 0. The van der Waals surface area contributed by atoms with Crippen molar-refractivity contribution in [1.29, 1.82) is 0 Å². The molecule has 10 heavy (non-hydrogen) atoms. The van der Waals surface area contributed by atoms with E-state index in [1.54, 1.807) is 5.51 Å². The van der Waals surface area contributed by atoms with Gasteiger partial charge in [0, 0.05) is 11.5 Å². The average molecular weight is 174 g/mol. The molecule has 2 aromatic heterocycles. The molecule has 2 aromatic rings.